The lowest BCUT2D eigenvalue weighted by atomic mass is 10.2. The SMILES string of the molecule is COCC(O)CN(C)CCC(=O)Nc1ccc(Cl)cc1N. The predicted octanol–water partition coefficient (Wildman–Crippen LogP) is 1.19. The van der Waals surface area contributed by atoms with E-state index in [-0.39, 0.29) is 12.5 Å². The number of nitrogen functional groups attached to an aromatic ring is 1. The molecule has 0 saturated heterocycles. The van der Waals surface area contributed by atoms with Crippen molar-refractivity contribution in [2.75, 3.05) is 44.9 Å². The minimum Gasteiger partial charge on any atom is -0.397 e. The van der Waals surface area contributed by atoms with E-state index in [2.05, 4.69) is 5.32 Å². The van der Waals surface area contributed by atoms with Crippen LogP contribution in [0.2, 0.25) is 5.02 Å². The van der Waals surface area contributed by atoms with Gasteiger partial charge < -0.3 is 25.8 Å². The van der Waals surface area contributed by atoms with E-state index in [1.807, 2.05) is 11.9 Å². The Hall–Kier alpha value is -1.34. The van der Waals surface area contributed by atoms with Gasteiger partial charge in [-0.25, -0.2) is 0 Å². The standard InChI is InChI=1S/C14H22ClN3O3/c1-18(8-11(19)9-21-2)6-5-14(20)17-13-4-3-10(15)7-12(13)16/h3-4,7,11,19H,5-6,8-9,16H2,1-2H3,(H,17,20). The molecule has 0 aliphatic rings. The molecule has 0 bridgehead atoms. The summed E-state index contributed by atoms with van der Waals surface area (Å²) in [7, 11) is 3.37. The average Bonchev–Trinajstić information content (AvgIpc) is 2.40. The molecule has 0 aliphatic carbocycles. The first-order valence-electron chi connectivity index (χ1n) is 6.62. The van der Waals surface area contributed by atoms with Crippen molar-refractivity contribution in [2.24, 2.45) is 0 Å². The highest BCUT2D eigenvalue weighted by Crippen LogP contribution is 2.22. The number of carbonyl (C=O) groups is 1. The molecular formula is C14H22ClN3O3. The largest absolute Gasteiger partial charge is 0.397 e. The summed E-state index contributed by atoms with van der Waals surface area (Å²) in [4.78, 5) is 13.7. The van der Waals surface area contributed by atoms with Crippen LogP contribution < -0.4 is 11.1 Å². The van der Waals surface area contributed by atoms with E-state index in [0.717, 1.165) is 0 Å². The number of hydrogen-bond acceptors (Lipinski definition) is 5. The molecule has 6 nitrogen and oxygen atoms in total. The van der Waals surface area contributed by atoms with Gasteiger partial charge in [-0.15, -0.1) is 0 Å². The minimum absolute atomic E-state index is 0.142. The highest BCUT2D eigenvalue weighted by atomic mass is 35.5. The maximum Gasteiger partial charge on any atom is 0.225 e. The minimum atomic E-state index is -0.560. The van der Waals surface area contributed by atoms with Crippen molar-refractivity contribution in [2.45, 2.75) is 12.5 Å². The van der Waals surface area contributed by atoms with Crippen LogP contribution in [0.4, 0.5) is 11.4 Å². The summed E-state index contributed by atoms with van der Waals surface area (Å²) in [6.45, 7) is 1.25. The maximum absolute atomic E-state index is 11.9. The van der Waals surface area contributed by atoms with E-state index in [9.17, 15) is 9.90 Å². The van der Waals surface area contributed by atoms with Crippen molar-refractivity contribution in [1.82, 2.24) is 4.90 Å². The zero-order chi connectivity index (χ0) is 15.8. The lowest BCUT2D eigenvalue weighted by Gasteiger charge is -2.19. The van der Waals surface area contributed by atoms with Crippen LogP contribution in [0.3, 0.4) is 0 Å². The number of ether oxygens (including phenoxy) is 1. The third-order valence-corrected chi connectivity index (χ3v) is 3.12. The summed E-state index contributed by atoms with van der Waals surface area (Å²) in [5, 5.41) is 12.8. The first-order chi connectivity index (χ1) is 9.92. The fraction of sp³-hybridized carbons (Fsp3) is 0.500. The molecule has 21 heavy (non-hydrogen) atoms. The number of halogens is 1. The number of carbonyl (C=O) groups excluding carboxylic acids is 1. The Bertz CT molecular complexity index is 471. The molecule has 1 aromatic rings. The van der Waals surface area contributed by atoms with Gasteiger partial charge in [0, 0.05) is 31.6 Å². The lowest BCUT2D eigenvalue weighted by molar-refractivity contribution is -0.116. The first-order valence-corrected chi connectivity index (χ1v) is 7.00. The van der Waals surface area contributed by atoms with E-state index in [1.165, 1.54) is 7.11 Å². The van der Waals surface area contributed by atoms with Gasteiger partial charge in [-0.2, -0.15) is 0 Å². The van der Waals surface area contributed by atoms with E-state index in [1.54, 1.807) is 18.2 Å². The normalized spacial score (nSPS) is 12.4. The second-order valence-electron chi connectivity index (χ2n) is 4.90. The summed E-state index contributed by atoms with van der Waals surface area (Å²) in [5.41, 5.74) is 6.75. The Kier molecular flexibility index (Phi) is 7.45. The van der Waals surface area contributed by atoms with Crippen molar-refractivity contribution in [3.05, 3.63) is 23.2 Å². The van der Waals surface area contributed by atoms with Crippen LogP contribution in [0.15, 0.2) is 18.2 Å². The summed E-state index contributed by atoms with van der Waals surface area (Å²) in [6.07, 6.45) is -0.256. The topological polar surface area (TPSA) is 87.8 Å². The average molecular weight is 316 g/mol. The van der Waals surface area contributed by atoms with Gasteiger partial charge in [0.1, 0.15) is 0 Å². The molecule has 0 saturated carbocycles. The van der Waals surface area contributed by atoms with Gasteiger partial charge in [0.2, 0.25) is 5.91 Å². The molecular weight excluding hydrogens is 294 g/mol. The number of hydrogen-bond donors (Lipinski definition) is 3. The number of rotatable bonds is 8. The number of likely N-dealkylation sites (N-methyl/N-ethyl adjacent to an activating group) is 1. The fourth-order valence-electron chi connectivity index (χ4n) is 1.85. The summed E-state index contributed by atoms with van der Waals surface area (Å²) >= 11 is 5.80. The monoisotopic (exact) mass is 315 g/mol. The van der Waals surface area contributed by atoms with E-state index >= 15 is 0 Å². The van der Waals surface area contributed by atoms with Crippen LogP contribution in [0.1, 0.15) is 6.42 Å². The molecule has 0 aliphatic heterocycles. The Labute approximate surface area is 129 Å². The van der Waals surface area contributed by atoms with Crippen molar-refractivity contribution in [3.8, 4) is 0 Å². The number of aliphatic hydroxyl groups is 1. The number of anilines is 2. The molecule has 0 heterocycles. The molecule has 4 N–H and O–H groups in total. The van der Waals surface area contributed by atoms with Crippen LogP contribution in [0, 0.1) is 0 Å². The van der Waals surface area contributed by atoms with Crippen LogP contribution in [0.25, 0.3) is 0 Å². The second kappa shape index (κ2) is 8.84. The van der Waals surface area contributed by atoms with Crippen molar-refractivity contribution in [3.63, 3.8) is 0 Å². The number of amides is 1. The number of nitrogens with one attached hydrogen (secondary N) is 1. The maximum atomic E-state index is 11.9. The number of aliphatic hydroxyl groups excluding tert-OH is 1. The number of methoxy groups -OCH3 is 1. The van der Waals surface area contributed by atoms with Gasteiger partial charge in [-0.05, 0) is 25.2 Å². The van der Waals surface area contributed by atoms with Crippen LogP contribution in [-0.4, -0.2) is 55.9 Å². The smallest absolute Gasteiger partial charge is 0.225 e. The molecule has 7 heteroatoms. The Balaban J connectivity index is 2.37. The Morgan fingerprint density at radius 1 is 1.57 bits per heavy atom. The van der Waals surface area contributed by atoms with Gasteiger partial charge in [-0.1, -0.05) is 11.6 Å². The summed E-state index contributed by atoms with van der Waals surface area (Å²) in [5.74, 6) is -0.142. The molecule has 0 radical (unpaired) electrons. The zero-order valence-corrected chi connectivity index (χ0v) is 13.1. The lowest BCUT2D eigenvalue weighted by Crippen LogP contribution is -2.33. The van der Waals surface area contributed by atoms with Crippen molar-refractivity contribution in [1.29, 1.82) is 0 Å². The second-order valence-corrected chi connectivity index (χ2v) is 5.34. The molecule has 1 atom stereocenters. The quantitative estimate of drug-likeness (QED) is 0.627. The van der Waals surface area contributed by atoms with Crippen LogP contribution in [-0.2, 0) is 9.53 Å². The van der Waals surface area contributed by atoms with Gasteiger partial charge in [0.05, 0.1) is 24.1 Å². The fourth-order valence-corrected chi connectivity index (χ4v) is 2.03. The first kappa shape index (κ1) is 17.7. The Morgan fingerprint density at radius 2 is 2.29 bits per heavy atom. The highest BCUT2D eigenvalue weighted by molar-refractivity contribution is 6.31. The van der Waals surface area contributed by atoms with Crippen LogP contribution >= 0.6 is 11.6 Å². The molecule has 1 amide bonds. The molecule has 0 aromatic heterocycles. The van der Waals surface area contributed by atoms with E-state index < -0.39 is 6.10 Å². The molecule has 1 rings (SSSR count). The molecule has 0 fully saturated rings. The zero-order valence-electron chi connectivity index (χ0n) is 12.3. The number of benzene rings is 1. The van der Waals surface area contributed by atoms with E-state index in [4.69, 9.17) is 22.1 Å². The molecule has 118 valence electrons. The van der Waals surface area contributed by atoms with Gasteiger partial charge in [0.25, 0.3) is 0 Å². The summed E-state index contributed by atoms with van der Waals surface area (Å²) < 4.78 is 4.85. The highest BCUT2D eigenvalue weighted by Gasteiger charge is 2.10. The molecule has 0 spiro atoms. The van der Waals surface area contributed by atoms with Crippen LogP contribution in [0.5, 0.6) is 0 Å². The van der Waals surface area contributed by atoms with Gasteiger partial charge >= 0.3 is 0 Å². The van der Waals surface area contributed by atoms with E-state index in [0.29, 0.717) is 35.9 Å². The van der Waals surface area contributed by atoms with Crippen molar-refractivity contribution < 1.29 is 14.6 Å². The number of nitrogens with zero attached hydrogens (tertiary/aromatic N) is 1. The third-order valence-electron chi connectivity index (χ3n) is 2.89. The van der Waals surface area contributed by atoms with Crippen molar-refractivity contribution >= 4 is 28.9 Å². The summed E-state index contributed by atoms with van der Waals surface area (Å²) in [6, 6.07) is 4.92. The third kappa shape index (κ3) is 6.77. The Morgan fingerprint density at radius 3 is 2.90 bits per heavy atom. The van der Waals surface area contributed by atoms with Gasteiger partial charge in [0.15, 0.2) is 0 Å². The predicted molar refractivity (Wildman–Crippen MR) is 84.5 cm³/mol. The molecule has 1 aromatic carbocycles. The number of nitrogens with two attached hydrogens (primary N) is 1. The van der Waals surface area contributed by atoms with Gasteiger partial charge in [-0.3, -0.25) is 4.79 Å². The molecule has 1 unspecified atom stereocenters.